The molecule has 0 radical (unpaired) electrons. The van der Waals surface area contributed by atoms with Gasteiger partial charge in [0.15, 0.2) is 5.78 Å². The molecule has 0 saturated carbocycles. The van der Waals surface area contributed by atoms with E-state index in [1.165, 1.54) is 30.3 Å². The summed E-state index contributed by atoms with van der Waals surface area (Å²) in [6.07, 6.45) is 2.01. The highest BCUT2D eigenvalue weighted by Crippen LogP contribution is 2.28. The Bertz CT molecular complexity index is 735. The maximum absolute atomic E-state index is 13.3. The van der Waals surface area contributed by atoms with Crippen LogP contribution in [0.5, 0.6) is 5.75 Å². The van der Waals surface area contributed by atoms with Gasteiger partial charge < -0.3 is 4.74 Å². The number of benzene rings is 2. The summed E-state index contributed by atoms with van der Waals surface area (Å²) in [5.41, 5.74) is 1.28. The molecule has 0 amide bonds. The number of fused-ring (bicyclic) bond motifs is 1. The first kappa shape index (κ1) is 13.5. The molecule has 21 heavy (non-hydrogen) atoms. The highest BCUT2D eigenvalue weighted by atomic mass is 19.1. The zero-order valence-corrected chi connectivity index (χ0v) is 11.1. The Morgan fingerprint density at radius 1 is 1.05 bits per heavy atom. The van der Waals surface area contributed by atoms with Gasteiger partial charge in [-0.2, -0.15) is 0 Å². The molecule has 0 atom stereocenters. The van der Waals surface area contributed by atoms with E-state index in [0.29, 0.717) is 29.9 Å². The predicted molar refractivity (Wildman–Crippen MR) is 75.2 cm³/mol. The van der Waals surface area contributed by atoms with Gasteiger partial charge in [0.05, 0.1) is 12.2 Å². The van der Waals surface area contributed by atoms with Crippen LogP contribution in [0.1, 0.15) is 22.3 Å². The maximum Gasteiger partial charge on any atom is 0.192 e. The average Bonchev–Trinajstić information content (AvgIpc) is 2.60. The van der Waals surface area contributed by atoms with E-state index in [0.717, 1.165) is 0 Å². The van der Waals surface area contributed by atoms with Crippen LogP contribution in [-0.4, -0.2) is 12.4 Å². The van der Waals surface area contributed by atoms with Crippen molar-refractivity contribution in [3.05, 3.63) is 70.8 Å². The molecule has 0 spiro atoms. The van der Waals surface area contributed by atoms with E-state index in [-0.39, 0.29) is 17.2 Å². The molecular formula is C17H12F2O2. The highest BCUT2D eigenvalue weighted by molar-refractivity contribution is 6.13. The lowest BCUT2D eigenvalue weighted by molar-refractivity contribution is 0.103. The second-order valence-corrected chi connectivity index (χ2v) is 4.79. The molecule has 0 unspecified atom stereocenters. The molecule has 1 aliphatic heterocycles. The molecule has 2 aromatic rings. The molecule has 0 N–H and O–H groups in total. The average molecular weight is 286 g/mol. The van der Waals surface area contributed by atoms with Crippen LogP contribution in [0.25, 0.3) is 6.08 Å². The molecule has 0 bridgehead atoms. The Hall–Kier alpha value is -2.49. The first-order valence-electron chi connectivity index (χ1n) is 6.57. The summed E-state index contributed by atoms with van der Waals surface area (Å²) in [6, 6.07) is 9.85. The number of hydrogen-bond donors (Lipinski definition) is 0. The molecule has 1 aliphatic rings. The molecule has 3 rings (SSSR count). The topological polar surface area (TPSA) is 26.3 Å². The minimum Gasteiger partial charge on any atom is -0.492 e. The smallest absolute Gasteiger partial charge is 0.192 e. The van der Waals surface area contributed by atoms with Crippen molar-refractivity contribution < 1.29 is 18.3 Å². The van der Waals surface area contributed by atoms with E-state index >= 15 is 0 Å². The van der Waals surface area contributed by atoms with Gasteiger partial charge in [-0.05, 0) is 42.0 Å². The quantitative estimate of drug-likeness (QED) is 0.740. The third kappa shape index (κ3) is 2.84. The van der Waals surface area contributed by atoms with Crippen LogP contribution in [0.4, 0.5) is 8.78 Å². The number of carbonyl (C=O) groups excluding carboxylic acids is 1. The molecule has 2 aromatic carbocycles. The Morgan fingerprint density at radius 2 is 1.86 bits per heavy atom. The summed E-state index contributed by atoms with van der Waals surface area (Å²) in [7, 11) is 0. The summed E-state index contributed by atoms with van der Waals surface area (Å²) < 4.78 is 32.0. The number of Topliss-reactive ketones (excluding diaryl/α,β-unsaturated/α-hetero) is 1. The zero-order chi connectivity index (χ0) is 14.8. The Balaban J connectivity index is 2.02. The van der Waals surface area contributed by atoms with Gasteiger partial charge in [-0.25, -0.2) is 8.78 Å². The van der Waals surface area contributed by atoms with Crippen LogP contribution in [0.3, 0.4) is 0 Å². The van der Waals surface area contributed by atoms with Gasteiger partial charge in [0.2, 0.25) is 0 Å². The van der Waals surface area contributed by atoms with Crippen molar-refractivity contribution in [2.75, 3.05) is 6.61 Å². The van der Waals surface area contributed by atoms with Crippen LogP contribution in [-0.2, 0) is 0 Å². The normalized spacial score (nSPS) is 16.3. The first-order valence-corrected chi connectivity index (χ1v) is 6.57. The van der Waals surface area contributed by atoms with Crippen LogP contribution in [0.15, 0.2) is 48.0 Å². The van der Waals surface area contributed by atoms with E-state index in [9.17, 15) is 13.6 Å². The maximum atomic E-state index is 13.3. The lowest BCUT2D eigenvalue weighted by Gasteiger charge is -2.05. The van der Waals surface area contributed by atoms with Crippen LogP contribution in [0.2, 0.25) is 0 Å². The van der Waals surface area contributed by atoms with E-state index < -0.39 is 5.82 Å². The number of ketones is 1. The lowest BCUT2D eigenvalue weighted by Crippen LogP contribution is -2.02. The molecular weight excluding hydrogens is 274 g/mol. The third-order valence-electron chi connectivity index (χ3n) is 3.30. The molecule has 4 heteroatoms. The number of carbonyl (C=O) groups is 1. The van der Waals surface area contributed by atoms with Crippen LogP contribution >= 0.6 is 0 Å². The van der Waals surface area contributed by atoms with Crippen molar-refractivity contribution in [3.8, 4) is 5.75 Å². The van der Waals surface area contributed by atoms with Crippen LogP contribution in [0, 0.1) is 11.6 Å². The van der Waals surface area contributed by atoms with Gasteiger partial charge >= 0.3 is 0 Å². The molecule has 2 nitrogen and oxygen atoms in total. The van der Waals surface area contributed by atoms with E-state index in [4.69, 9.17) is 4.74 Å². The number of rotatable bonds is 1. The first-order chi connectivity index (χ1) is 10.1. The van der Waals surface area contributed by atoms with Gasteiger partial charge in [0.25, 0.3) is 0 Å². The van der Waals surface area contributed by atoms with Gasteiger partial charge in [0, 0.05) is 12.0 Å². The fraction of sp³-hybridized carbons (Fsp3) is 0.118. The van der Waals surface area contributed by atoms with Crippen molar-refractivity contribution in [3.63, 3.8) is 0 Å². The molecule has 0 fully saturated rings. The van der Waals surface area contributed by atoms with E-state index in [2.05, 4.69) is 0 Å². The molecule has 0 aliphatic carbocycles. The van der Waals surface area contributed by atoms with Gasteiger partial charge in [-0.1, -0.05) is 12.1 Å². The Labute approximate surface area is 120 Å². The van der Waals surface area contributed by atoms with Gasteiger partial charge in [-0.3, -0.25) is 4.79 Å². The van der Waals surface area contributed by atoms with E-state index in [1.54, 1.807) is 18.2 Å². The highest BCUT2D eigenvalue weighted by Gasteiger charge is 2.21. The van der Waals surface area contributed by atoms with Crippen molar-refractivity contribution in [2.45, 2.75) is 6.42 Å². The molecule has 0 aromatic heterocycles. The summed E-state index contributed by atoms with van der Waals surface area (Å²) in [4.78, 5) is 12.5. The van der Waals surface area contributed by atoms with Gasteiger partial charge in [-0.15, -0.1) is 0 Å². The SMILES string of the molecule is O=C1/C(=C\c2cccc(F)c2)CCOc2ccc(F)cc21. The van der Waals surface area contributed by atoms with Gasteiger partial charge in [0.1, 0.15) is 17.4 Å². The fourth-order valence-electron chi connectivity index (χ4n) is 2.30. The summed E-state index contributed by atoms with van der Waals surface area (Å²) >= 11 is 0. The largest absolute Gasteiger partial charge is 0.492 e. The number of ether oxygens (including phenoxy) is 1. The monoisotopic (exact) mass is 286 g/mol. The summed E-state index contributed by atoms with van der Waals surface area (Å²) in [5, 5.41) is 0. The molecule has 0 saturated heterocycles. The summed E-state index contributed by atoms with van der Waals surface area (Å²) in [5.74, 6) is -0.763. The Kier molecular flexibility index (Phi) is 3.52. The zero-order valence-electron chi connectivity index (χ0n) is 11.1. The van der Waals surface area contributed by atoms with E-state index in [1.807, 2.05) is 0 Å². The third-order valence-corrected chi connectivity index (χ3v) is 3.30. The van der Waals surface area contributed by atoms with Crippen molar-refractivity contribution in [1.29, 1.82) is 0 Å². The van der Waals surface area contributed by atoms with Crippen LogP contribution < -0.4 is 4.74 Å². The minimum absolute atomic E-state index is 0.204. The summed E-state index contributed by atoms with van der Waals surface area (Å²) in [6.45, 7) is 0.325. The van der Waals surface area contributed by atoms with Crippen molar-refractivity contribution in [1.82, 2.24) is 0 Å². The van der Waals surface area contributed by atoms with Crippen molar-refractivity contribution >= 4 is 11.9 Å². The lowest BCUT2D eigenvalue weighted by atomic mass is 9.99. The Morgan fingerprint density at radius 3 is 2.67 bits per heavy atom. The second-order valence-electron chi connectivity index (χ2n) is 4.79. The number of hydrogen-bond acceptors (Lipinski definition) is 2. The molecule has 106 valence electrons. The van der Waals surface area contributed by atoms with Crippen molar-refractivity contribution in [2.24, 2.45) is 0 Å². The minimum atomic E-state index is -0.488. The second kappa shape index (κ2) is 5.48. The fourth-order valence-corrected chi connectivity index (χ4v) is 2.30. The predicted octanol–water partition coefficient (Wildman–Crippen LogP) is 4.01. The number of halogens is 2. The standard InChI is InChI=1S/C17H12F2O2/c18-13-3-1-2-11(9-13)8-12-6-7-21-16-5-4-14(19)10-15(16)17(12)20/h1-5,8-10H,6-7H2/b12-8-. The molecule has 1 heterocycles.